The maximum absolute atomic E-state index is 8.49. The standard InChI is InChI=1S/C7H11NO2S/c9-10-7-5-3-1-2-4-6(5)11-8-7/h7-9H,1-4H2. The molecule has 3 nitrogen and oxygen atoms in total. The van der Waals surface area contributed by atoms with Crippen molar-refractivity contribution in [2.75, 3.05) is 0 Å². The molecule has 2 aliphatic rings. The molecule has 62 valence electrons. The monoisotopic (exact) mass is 173 g/mol. The minimum atomic E-state index is -0.240. The normalized spacial score (nSPS) is 30.8. The first kappa shape index (κ1) is 7.61. The van der Waals surface area contributed by atoms with Crippen LogP contribution in [0.3, 0.4) is 0 Å². The minimum absolute atomic E-state index is 0.240. The van der Waals surface area contributed by atoms with Crippen LogP contribution in [0.2, 0.25) is 0 Å². The predicted molar refractivity (Wildman–Crippen MR) is 43.7 cm³/mol. The van der Waals surface area contributed by atoms with E-state index >= 15 is 0 Å². The molecule has 1 unspecified atom stereocenters. The van der Waals surface area contributed by atoms with E-state index in [-0.39, 0.29) is 6.23 Å². The van der Waals surface area contributed by atoms with Crippen molar-refractivity contribution >= 4 is 11.9 Å². The van der Waals surface area contributed by atoms with Gasteiger partial charge in [0, 0.05) is 4.91 Å². The fourth-order valence-electron chi connectivity index (χ4n) is 1.58. The van der Waals surface area contributed by atoms with Gasteiger partial charge in [-0.1, -0.05) is 0 Å². The van der Waals surface area contributed by atoms with E-state index in [1.807, 2.05) is 0 Å². The molecule has 0 fully saturated rings. The molecule has 1 aliphatic carbocycles. The zero-order chi connectivity index (χ0) is 7.68. The van der Waals surface area contributed by atoms with Gasteiger partial charge in [-0.3, -0.25) is 0 Å². The van der Waals surface area contributed by atoms with Crippen molar-refractivity contribution in [3.63, 3.8) is 0 Å². The van der Waals surface area contributed by atoms with Gasteiger partial charge < -0.3 is 0 Å². The number of nitrogens with one attached hydrogen (secondary N) is 1. The Morgan fingerprint density at radius 1 is 1.45 bits per heavy atom. The zero-order valence-corrected chi connectivity index (χ0v) is 6.99. The first-order chi connectivity index (χ1) is 5.42. The summed E-state index contributed by atoms with van der Waals surface area (Å²) in [5.74, 6) is 0. The third kappa shape index (κ3) is 1.31. The Labute approximate surface area is 69.9 Å². The molecule has 4 heteroatoms. The fraction of sp³-hybridized carbons (Fsp3) is 0.714. The topological polar surface area (TPSA) is 41.5 Å². The summed E-state index contributed by atoms with van der Waals surface area (Å²) in [6, 6.07) is 0. The molecule has 1 atom stereocenters. The summed E-state index contributed by atoms with van der Waals surface area (Å²) in [4.78, 5) is 5.66. The summed E-state index contributed by atoms with van der Waals surface area (Å²) < 4.78 is 3.02. The molecule has 0 aromatic carbocycles. The number of hydrogen-bond acceptors (Lipinski definition) is 4. The van der Waals surface area contributed by atoms with Gasteiger partial charge in [0.2, 0.25) is 0 Å². The van der Waals surface area contributed by atoms with Crippen molar-refractivity contribution in [1.82, 2.24) is 4.72 Å². The molecule has 1 heterocycles. The van der Waals surface area contributed by atoms with Gasteiger partial charge >= 0.3 is 0 Å². The van der Waals surface area contributed by atoms with E-state index in [1.165, 1.54) is 23.3 Å². The van der Waals surface area contributed by atoms with Crippen LogP contribution in [-0.4, -0.2) is 11.5 Å². The van der Waals surface area contributed by atoms with E-state index in [9.17, 15) is 0 Å². The molecule has 2 rings (SSSR count). The lowest BCUT2D eigenvalue weighted by Crippen LogP contribution is -2.23. The highest BCUT2D eigenvalue weighted by Crippen LogP contribution is 2.38. The van der Waals surface area contributed by atoms with Crippen molar-refractivity contribution in [2.24, 2.45) is 0 Å². The first-order valence-electron chi connectivity index (χ1n) is 3.86. The van der Waals surface area contributed by atoms with Gasteiger partial charge in [-0.05, 0) is 43.2 Å². The van der Waals surface area contributed by atoms with E-state index in [0.717, 1.165) is 12.8 Å². The average molecular weight is 173 g/mol. The summed E-state index contributed by atoms with van der Waals surface area (Å²) in [6.07, 6.45) is 4.47. The van der Waals surface area contributed by atoms with Crippen molar-refractivity contribution < 1.29 is 10.1 Å². The average Bonchev–Trinajstić information content (AvgIpc) is 2.47. The summed E-state index contributed by atoms with van der Waals surface area (Å²) in [7, 11) is 0. The highest BCUT2D eigenvalue weighted by molar-refractivity contribution is 8.01. The number of allylic oxidation sites excluding steroid dienone is 1. The SMILES string of the molecule is OOC1NSC2=C1CCCC2. The van der Waals surface area contributed by atoms with E-state index < -0.39 is 0 Å². The van der Waals surface area contributed by atoms with Crippen molar-refractivity contribution in [3.8, 4) is 0 Å². The molecule has 0 aromatic rings. The summed E-state index contributed by atoms with van der Waals surface area (Å²) in [5, 5.41) is 8.49. The van der Waals surface area contributed by atoms with Gasteiger partial charge in [0.15, 0.2) is 6.23 Å². The minimum Gasteiger partial charge on any atom is -0.250 e. The largest absolute Gasteiger partial charge is 0.250 e. The van der Waals surface area contributed by atoms with Gasteiger partial charge in [0.25, 0.3) is 0 Å². The van der Waals surface area contributed by atoms with Crippen LogP contribution in [-0.2, 0) is 4.89 Å². The second-order valence-electron chi connectivity index (χ2n) is 2.86. The summed E-state index contributed by atoms with van der Waals surface area (Å²) in [6.45, 7) is 0. The molecular formula is C7H11NO2S. The molecule has 0 spiro atoms. The van der Waals surface area contributed by atoms with E-state index in [4.69, 9.17) is 5.26 Å². The van der Waals surface area contributed by atoms with Crippen molar-refractivity contribution in [2.45, 2.75) is 31.9 Å². The number of rotatable bonds is 1. The molecule has 0 aromatic heterocycles. The predicted octanol–water partition coefficient (Wildman–Crippen LogP) is 1.88. The van der Waals surface area contributed by atoms with Gasteiger partial charge in [0.1, 0.15) is 0 Å². The Hall–Kier alpha value is -0.0300. The van der Waals surface area contributed by atoms with Crippen LogP contribution in [0.5, 0.6) is 0 Å². The fourth-order valence-corrected chi connectivity index (χ4v) is 2.60. The Morgan fingerprint density at radius 3 is 3.09 bits per heavy atom. The molecule has 0 saturated heterocycles. The second-order valence-corrected chi connectivity index (χ2v) is 3.79. The van der Waals surface area contributed by atoms with E-state index in [1.54, 1.807) is 11.9 Å². The first-order valence-corrected chi connectivity index (χ1v) is 4.68. The lowest BCUT2D eigenvalue weighted by Gasteiger charge is -2.14. The van der Waals surface area contributed by atoms with Gasteiger partial charge in [-0.15, -0.1) is 0 Å². The smallest absolute Gasteiger partial charge is 0.175 e. The van der Waals surface area contributed by atoms with Crippen LogP contribution >= 0.6 is 11.9 Å². The van der Waals surface area contributed by atoms with Crippen LogP contribution in [0.4, 0.5) is 0 Å². The van der Waals surface area contributed by atoms with Gasteiger partial charge in [-0.2, -0.15) is 0 Å². The lowest BCUT2D eigenvalue weighted by atomic mass is 9.98. The van der Waals surface area contributed by atoms with Crippen LogP contribution in [0.25, 0.3) is 0 Å². The molecule has 0 saturated carbocycles. The molecular weight excluding hydrogens is 162 g/mol. The number of hydrogen-bond donors (Lipinski definition) is 2. The van der Waals surface area contributed by atoms with Gasteiger partial charge in [0.05, 0.1) is 0 Å². The zero-order valence-electron chi connectivity index (χ0n) is 6.17. The second kappa shape index (κ2) is 3.15. The molecule has 0 amide bonds. The van der Waals surface area contributed by atoms with Crippen LogP contribution in [0.1, 0.15) is 25.7 Å². The highest BCUT2D eigenvalue weighted by atomic mass is 32.2. The Kier molecular flexibility index (Phi) is 2.18. The van der Waals surface area contributed by atoms with Crippen LogP contribution < -0.4 is 4.72 Å². The third-order valence-corrected chi connectivity index (χ3v) is 3.21. The summed E-state index contributed by atoms with van der Waals surface area (Å²) >= 11 is 1.60. The molecule has 1 aliphatic heterocycles. The molecule has 2 N–H and O–H groups in total. The maximum atomic E-state index is 8.49. The van der Waals surface area contributed by atoms with Gasteiger partial charge in [-0.25, -0.2) is 14.9 Å². The Morgan fingerprint density at radius 2 is 2.27 bits per heavy atom. The van der Waals surface area contributed by atoms with E-state index in [0.29, 0.717) is 0 Å². The lowest BCUT2D eigenvalue weighted by molar-refractivity contribution is -0.270. The maximum Gasteiger partial charge on any atom is 0.175 e. The van der Waals surface area contributed by atoms with Crippen molar-refractivity contribution in [1.29, 1.82) is 0 Å². The van der Waals surface area contributed by atoms with Crippen molar-refractivity contribution in [3.05, 3.63) is 10.5 Å². The van der Waals surface area contributed by atoms with Crippen LogP contribution in [0.15, 0.2) is 10.5 Å². The highest BCUT2D eigenvalue weighted by Gasteiger charge is 2.28. The van der Waals surface area contributed by atoms with Crippen LogP contribution in [0, 0.1) is 0 Å². The summed E-state index contributed by atoms with van der Waals surface area (Å²) in [5.41, 5.74) is 1.25. The quantitative estimate of drug-likeness (QED) is 0.361. The third-order valence-electron chi connectivity index (χ3n) is 2.17. The van der Waals surface area contributed by atoms with E-state index in [2.05, 4.69) is 9.61 Å². The Bertz CT molecular complexity index is 193. The molecule has 0 bridgehead atoms. The Balaban J connectivity index is 2.15. The molecule has 11 heavy (non-hydrogen) atoms. The molecule has 0 radical (unpaired) electrons.